The molecule has 1 aromatic heterocycles. The van der Waals surface area contributed by atoms with E-state index in [-0.39, 0.29) is 5.56 Å². The fraction of sp³-hybridized carbons (Fsp3) is 0.333. The molecule has 1 heterocycles. The summed E-state index contributed by atoms with van der Waals surface area (Å²) in [5.74, 6) is -0.963. The van der Waals surface area contributed by atoms with Crippen LogP contribution < -0.4 is 0 Å². The smallest absolute Gasteiger partial charge is 0.335 e. The summed E-state index contributed by atoms with van der Waals surface area (Å²) in [4.78, 5) is 22.5. The van der Waals surface area contributed by atoms with E-state index in [9.17, 15) is 9.59 Å². The Hall–Kier alpha value is -2.10. The molecule has 0 bridgehead atoms. The Morgan fingerprint density at radius 1 is 1.37 bits per heavy atom. The first-order valence-electron chi connectivity index (χ1n) is 6.39. The molecule has 0 aliphatic carbocycles. The first-order chi connectivity index (χ1) is 9.04. The molecule has 2 rings (SSSR count). The molecule has 0 amide bonds. The maximum absolute atomic E-state index is 11.3. The van der Waals surface area contributed by atoms with Crippen molar-refractivity contribution in [1.82, 2.24) is 4.57 Å². The number of aromatic nitrogens is 1. The highest BCUT2D eigenvalue weighted by molar-refractivity contribution is 6.04. The number of aldehydes is 1. The second-order valence-electron chi connectivity index (χ2n) is 4.55. The number of benzene rings is 1. The lowest BCUT2D eigenvalue weighted by Crippen LogP contribution is -2.01. The molecule has 0 spiro atoms. The average molecular weight is 259 g/mol. The van der Waals surface area contributed by atoms with Gasteiger partial charge in [-0.3, -0.25) is 4.79 Å². The lowest BCUT2D eigenvalue weighted by atomic mass is 10.0. The van der Waals surface area contributed by atoms with Crippen LogP contribution in [0.25, 0.3) is 10.9 Å². The summed E-state index contributed by atoms with van der Waals surface area (Å²) in [6.45, 7) is 6.66. The highest BCUT2D eigenvalue weighted by atomic mass is 16.4. The Balaban J connectivity index is 2.97. The number of fused-ring (bicyclic) bond motifs is 1. The molecule has 0 saturated carbocycles. The summed E-state index contributed by atoms with van der Waals surface area (Å²) >= 11 is 0. The second-order valence-corrected chi connectivity index (χ2v) is 4.55. The van der Waals surface area contributed by atoms with Crippen LogP contribution in [0.3, 0.4) is 0 Å². The van der Waals surface area contributed by atoms with Gasteiger partial charge in [-0.1, -0.05) is 6.92 Å². The van der Waals surface area contributed by atoms with E-state index in [0.717, 1.165) is 41.4 Å². The Morgan fingerprint density at radius 3 is 2.53 bits per heavy atom. The van der Waals surface area contributed by atoms with Gasteiger partial charge in [-0.25, -0.2) is 4.79 Å². The molecule has 0 aliphatic heterocycles. The molecule has 0 radical (unpaired) electrons. The van der Waals surface area contributed by atoms with Crippen LogP contribution in [-0.2, 0) is 13.0 Å². The monoisotopic (exact) mass is 259 g/mol. The topological polar surface area (TPSA) is 59.3 Å². The van der Waals surface area contributed by atoms with Gasteiger partial charge in [-0.2, -0.15) is 0 Å². The van der Waals surface area contributed by atoms with Gasteiger partial charge in [0.1, 0.15) is 0 Å². The van der Waals surface area contributed by atoms with Gasteiger partial charge < -0.3 is 9.67 Å². The molecule has 100 valence electrons. The standard InChI is InChI=1S/C15H17NO3/c1-4-10-6-11(15(18)19)7-12-13(8-17)9(3)16(5-2)14(10)12/h6-8H,4-5H2,1-3H3,(H,18,19). The Bertz CT molecular complexity index is 668. The number of hydrogen-bond acceptors (Lipinski definition) is 2. The first-order valence-corrected chi connectivity index (χ1v) is 6.39. The minimum Gasteiger partial charge on any atom is -0.478 e. The van der Waals surface area contributed by atoms with Crippen LogP contribution in [0.4, 0.5) is 0 Å². The number of carboxylic acids is 1. The fourth-order valence-corrected chi connectivity index (χ4v) is 2.66. The van der Waals surface area contributed by atoms with Crippen molar-refractivity contribution >= 4 is 23.2 Å². The highest BCUT2D eigenvalue weighted by Crippen LogP contribution is 2.29. The highest BCUT2D eigenvalue weighted by Gasteiger charge is 2.18. The Labute approximate surface area is 111 Å². The number of nitrogens with zero attached hydrogens (tertiary/aromatic N) is 1. The van der Waals surface area contributed by atoms with E-state index >= 15 is 0 Å². The average Bonchev–Trinajstić information content (AvgIpc) is 2.68. The van der Waals surface area contributed by atoms with Crippen LogP contribution in [0.2, 0.25) is 0 Å². The second kappa shape index (κ2) is 4.88. The molecule has 1 aromatic carbocycles. The van der Waals surface area contributed by atoms with E-state index < -0.39 is 5.97 Å². The Morgan fingerprint density at radius 2 is 2.05 bits per heavy atom. The molecule has 19 heavy (non-hydrogen) atoms. The van der Waals surface area contributed by atoms with Gasteiger partial charge in [0.25, 0.3) is 0 Å². The fourth-order valence-electron chi connectivity index (χ4n) is 2.66. The summed E-state index contributed by atoms with van der Waals surface area (Å²) in [7, 11) is 0. The van der Waals surface area contributed by atoms with Gasteiger partial charge in [-0.05, 0) is 38.0 Å². The van der Waals surface area contributed by atoms with Gasteiger partial charge in [-0.15, -0.1) is 0 Å². The first kappa shape index (κ1) is 13.3. The van der Waals surface area contributed by atoms with Crippen molar-refractivity contribution < 1.29 is 14.7 Å². The number of aromatic carboxylic acids is 1. The van der Waals surface area contributed by atoms with Crippen molar-refractivity contribution in [1.29, 1.82) is 0 Å². The molecular weight excluding hydrogens is 242 g/mol. The molecule has 1 N–H and O–H groups in total. The van der Waals surface area contributed by atoms with E-state index in [1.165, 1.54) is 0 Å². The van der Waals surface area contributed by atoms with E-state index in [1.54, 1.807) is 12.1 Å². The van der Waals surface area contributed by atoms with Crippen LogP contribution in [-0.4, -0.2) is 21.9 Å². The van der Waals surface area contributed by atoms with Crippen molar-refractivity contribution in [2.45, 2.75) is 33.7 Å². The lowest BCUT2D eigenvalue weighted by molar-refractivity contribution is 0.0696. The molecule has 0 atom stereocenters. The molecule has 0 aliphatic rings. The van der Waals surface area contributed by atoms with Crippen LogP contribution in [0.5, 0.6) is 0 Å². The zero-order valence-corrected chi connectivity index (χ0v) is 11.4. The van der Waals surface area contributed by atoms with E-state index in [0.29, 0.717) is 5.56 Å². The number of carbonyl (C=O) groups is 2. The third-order valence-electron chi connectivity index (χ3n) is 3.61. The van der Waals surface area contributed by atoms with Crippen molar-refractivity contribution in [3.8, 4) is 0 Å². The number of aryl methyl sites for hydroxylation is 2. The summed E-state index contributed by atoms with van der Waals surface area (Å²) in [5.41, 5.74) is 3.67. The van der Waals surface area contributed by atoms with Crippen molar-refractivity contribution in [3.05, 3.63) is 34.5 Å². The molecule has 4 nitrogen and oxygen atoms in total. The summed E-state index contributed by atoms with van der Waals surface area (Å²) < 4.78 is 2.07. The predicted octanol–water partition coefficient (Wildman–Crippen LogP) is 3.04. The van der Waals surface area contributed by atoms with Crippen LogP contribution in [0.1, 0.15) is 45.8 Å². The normalized spacial score (nSPS) is 10.9. The molecule has 0 unspecified atom stereocenters. The van der Waals surface area contributed by atoms with Crippen molar-refractivity contribution in [2.24, 2.45) is 0 Å². The molecule has 0 saturated heterocycles. The minimum atomic E-state index is -0.963. The van der Waals surface area contributed by atoms with Gasteiger partial charge in [0, 0.05) is 23.2 Å². The van der Waals surface area contributed by atoms with Gasteiger partial charge in [0.15, 0.2) is 6.29 Å². The van der Waals surface area contributed by atoms with Crippen LogP contribution in [0, 0.1) is 6.92 Å². The summed E-state index contributed by atoms with van der Waals surface area (Å²) in [5, 5.41) is 9.91. The maximum atomic E-state index is 11.3. The molecule has 2 aromatic rings. The lowest BCUT2D eigenvalue weighted by Gasteiger charge is -2.09. The molecule has 4 heteroatoms. The number of carbonyl (C=O) groups excluding carboxylic acids is 1. The SMILES string of the molecule is CCc1cc(C(=O)O)cc2c(C=O)c(C)n(CC)c12. The van der Waals surface area contributed by atoms with Gasteiger partial charge in [0.05, 0.1) is 11.1 Å². The predicted molar refractivity (Wildman–Crippen MR) is 74.1 cm³/mol. The zero-order valence-electron chi connectivity index (χ0n) is 11.4. The summed E-state index contributed by atoms with van der Waals surface area (Å²) in [6, 6.07) is 3.30. The number of hydrogen-bond donors (Lipinski definition) is 1. The zero-order chi connectivity index (χ0) is 14.2. The number of rotatable bonds is 4. The van der Waals surface area contributed by atoms with E-state index in [1.807, 2.05) is 20.8 Å². The van der Waals surface area contributed by atoms with Crippen molar-refractivity contribution in [3.63, 3.8) is 0 Å². The largest absolute Gasteiger partial charge is 0.478 e. The minimum absolute atomic E-state index is 0.237. The van der Waals surface area contributed by atoms with Crippen molar-refractivity contribution in [2.75, 3.05) is 0 Å². The molecular formula is C15H17NO3. The maximum Gasteiger partial charge on any atom is 0.335 e. The van der Waals surface area contributed by atoms with E-state index in [2.05, 4.69) is 4.57 Å². The van der Waals surface area contributed by atoms with Crippen LogP contribution in [0.15, 0.2) is 12.1 Å². The third-order valence-corrected chi connectivity index (χ3v) is 3.61. The van der Waals surface area contributed by atoms with E-state index in [4.69, 9.17) is 5.11 Å². The summed E-state index contributed by atoms with van der Waals surface area (Å²) in [6.07, 6.45) is 1.55. The number of carboxylic acid groups (broad SMARTS) is 1. The third kappa shape index (κ3) is 1.93. The van der Waals surface area contributed by atoms with Gasteiger partial charge >= 0.3 is 5.97 Å². The molecule has 0 fully saturated rings. The quantitative estimate of drug-likeness (QED) is 0.858. The van der Waals surface area contributed by atoms with Gasteiger partial charge in [0.2, 0.25) is 0 Å². The van der Waals surface area contributed by atoms with Crippen LogP contribution >= 0.6 is 0 Å². The Kier molecular flexibility index (Phi) is 3.42.